The van der Waals surface area contributed by atoms with Crippen LogP contribution in [0.25, 0.3) is 0 Å². The summed E-state index contributed by atoms with van der Waals surface area (Å²) in [6.45, 7) is 4.87. The molecule has 3 aromatic rings. The number of anilines is 2. The van der Waals surface area contributed by atoms with Crippen LogP contribution in [0.3, 0.4) is 0 Å². The molecule has 0 radical (unpaired) electrons. The predicted molar refractivity (Wildman–Crippen MR) is 117 cm³/mol. The van der Waals surface area contributed by atoms with Gasteiger partial charge in [0.05, 0.1) is 7.11 Å². The van der Waals surface area contributed by atoms with Crippen LogP contribution in [-0.2, 0) is 6.42 Å². The number of benzene rings is 2. The number of para-hydroxylation sites is 1. The van der Waals surface area contributed by atoms with Gasteiger partial charge in [-0.3, -0.25) is 9.78 Å². The average Bonchev–Trinajstić information content (AvgIpc) is 2.74. The lowest BCUT2D eigenvalue weighted by atomic mass is 10.0. The number of amides is 1. The van der Waals surface area contributed by atoms with Gasteiger partial charge in [0.2, 0.25) is 0 Å². The van der Waals surface area contributed by atoms with Gasteiger partial charge in [-0.05, 0) is 53.8 Å². The quantitative estimate of drug-likeness (QED) is 0.573. The topological polar surface area (TPSA) is 63.2 Å². The van der Waals surface area contributed by atoms with Crippen molar-refractivity contribution >= 4 is 17.3 Å². The number of ether oxygens (including phenoxy) is 1. The predicted octanol–water partition coefficient (Wildman–Crippen LogP) is 4.93. The zero-order chi connectivity index (χ0) is 20.6. The van der Waals surface area contributed by atoms with Crippen molar-refractivity contribution < 1.29 is 9.53 Å². The molecule has 2 aromatic carbocycles. The van der Waals surface area contributed by atoms with E-state index in [0.29, 0.717) is 18.2 Å². The number of aromatic nitrogens is 1. The molecule has 1 amide bonds. The zero-order valence-electron chi connectivity index (χ0n) is 17.1. The van der Waals surface area contributed by atoms with Gasteiger partial charge in [-0.15, -0.1) is 0 Å². The molecule has 0 spiro atoms. The average molecular weight is 389 g/mol. The number of rotatable bonds is 8. The van der Waals surface area contributed by atoms with Crippen LogP contribution in [0.4, 0.5) is 11.4 Å². The molecular weight excluding hydrogens is 362 g/mol. The molecular formula is C24H27N3O2. The van der Waals surface area contributed by atoms with Gasteiger partial charge in [-0.1, -0.05) is 44.2 Å². The summed E-state index contributed by atoms with van der Waals surface area (Å²) in [5, 5.41) is 6.35. The lowest BCUT2D eigenvalue weighted by Crippen LogP contribution is -2.26. The standard InChI is InChI=1S/C24H27N3O2/c1-17(2)21-6-4-5-7-22(21)27-19-13-15-25-23(16-19)24(28)26-14-12-18-8-10-20(29-3)11-9-18/h4-11,13,15-17H,12,14H2,1-3H3,(H,25,27)(H,26,28). The molecule has 29 heavy (non-hydrogen) atoms. The lowest BCUT2D eigenvalue weighted by molar-refractivity contribution is 0.0949. The summed E-state index contributed by atoms with van der Waals surface area (Å²) in [7, 11) is 1.65. The highest BCUT2D eigenvalue weighted by Gasteiger charge is 2.10. The van der Waals surface area contributed by atoms with E-state index in [4.69, 9.17) is 4.74 Å². The Morgan fingerprint density at radius 2 is 1.83 bits per heavy atom. The van der Waals surface area contributed by atoms with Crippen molar-refractivity contribution in [1.29, 1.82) is 0 Å². The van der Waals surface area contributed by atoms with Crippen LogP contribution >= 0.6 is 0 Å². The van der Waals surface area contributed by atoms with Crippen molar-refractivity contribution in [3.05, 3.63) is 83.7 Å². The second-order valence-electron chi connectivity index (χ2n) is 7.15. The Hall–Kier alpha value is -3.34. The molecule has 1 heterocycles. The molecule has 0 atom stereocenters. The first-order valence-corrected chi connectivity index (χ1v) is 9.80. The van der Waals surface area contributed by atoms with E-state index < -0.39 is 0 Å². The maximum Gasteiger partial charge on any atom is 0.269 e. The SMILES string of the molecule is COc1ccc(CCNC(=O)c2cc(Nc3ccccc3C(C)C)ccn2)cc1. The van der Waals surface area contributed by atoms with Gasteiger partial charge in [-0.2, -0.15) is 0 Å². The minimum atomic E-state index is -0.181. The molecule has 0 saturated heterocycles. The number of hydrogen-bond acceptors (Lipinski definition) is 4. The van der Waals surface area contributed by atoms with Crippen LogP contribution in [-0.4, -0.2) is 24.5 Å². The summed E-state index contributed by atoms with van der Waals surface area (Å²) in [5.74, 6) is 1.05. The highest BCUT2D eigenvalue weighted by Crippen LogP contribution is 2.26. The van der Waals surface area contributed by atoms with E-state index in [1.54, 1.807) is 19.4 Å². The second kappa shape index (κ2) is 9.73. The zero-order valence-corrected chi connectivity index (χ0v) is 17.1. The Kier molecular flexibility index (Phi) is 6.85. The van der Waals surface area contributed by atoms with Gasteiger partial charge >= 0.3 is 0 Å². The molecule has 0 bridgehead atoms. The van der Waals surface area contributed by atoms with E-state index in [-0.39, 0.29) is 5.91 Å². The second-order valence-corrected chi connectivity index (χ2v) is 7.15. The number of pyridine rings is 1. The summed E-state index contributed by atoms with van der Waals surface area (Å²) < 4.78 is 5.16. The molecule has 0 saturated carbocycles. The summed E-state index contributed by atoms with van der Waals surface area (Å²) in [6, 6.07) is 19.7. The van der Waals surface area contributed by atoms with E-state index in [9.17, 15) is 4.79 Å². The molecule has 150 valence electrons. The van der Waals surface area contributed by atoms with Gasteiger partial charge in [0, 0.05) is 24.1 Å². The Bertz CT molecular complexity index is 952. The maximum atomic E-state index is 12.5. The molecule has 5 heteroatoms. The Morgan fingerprint density at radius 1 is 1.07 bits per heavy atom. The minimum absolute atomic E-state index is 0.181. The smallest absolute Gasteiger partial charge is 0.269 e. The minimum Gasteiger partial charge on any atom is -0.497 e. The van der Waals surface area contributed by atoms with Crippen molar-refractivity contribution in [2.75, 3.05) is 19.0 Å². The largest absolute Gasteiger partial charge is 0.497 e. The Morgan fingerprint density at radius 3 is 2.55 bits per heavy atom. The third-order valence-electron chi connectivity index (χ3n) is 4.71. The van der Waals surface area contributed by atoms with Crippen LogP contribution < -0.4 is 15.4 Å². The number of nitrogens with one attached hydrogen (secondary N) is 2. The monoisotopic (exact) mass is 389 g/mol. The number of methoxy groups -OCH3 is 1. The van der Waals surface area contributed by atoms with Crippen molar-refractivity contribution in [3.8, 4) is 5.75 Å². The number of carbonyl (C=O) groups excluding carboxylic acids is 1. The van der Waals surface area contributed by atoms with Crippen molar-refractivity contribution in [2.24, 2.45) is 0 Å². The molecule has 0 fully saturated rings. The lowest BCUT2D eigenvalue weighted by Gasteiger charge is -2.15. The van der Waals surface area contributed by atoms with Crippen LogP contribution in [0, 0.1) is 0 Å². The van der Waals surface area contributed by atoms with Crippen LogP contribution in [0.1, 0.15) is 41.4 Å². The first-order chi connectivity index (χ1) is 14.1. The summed E-state index contributed by atoms with van der Waals surface area (Å²) in [6.07, 6.45) is 2.40. The number of hydrogen-bond donors (Lipinski definition) is 2. The highest BCUT2D eigenvalue weighted by atomic mass is 16.5. The van der Waals surface area contributed by atoms with Crippen molar-refractivity contribution in [1.82, 2.24) is 10.3 Å². The van der Waals surface area contributed by atoms with Crippen LogP contribution in [0.2, 0.25) is 0 Å². The maximum absolute atomic E-state index is 12.5. The van der Waals surface area contributed by atoms with Gasteiger partial charge < -0.3 is 15.4 Å². The fourth-order valence-electron chi connectivity index (χ4n) is 3.11. The Balaban J connectivity index is 1.60. The van der Waals surface area contributed by atoms with E-state index in [0.717, 1.165) is 29.1 Å². The van der Waals surface area contributed by atoms with Gasteiger partial charge in [-0.25, -0.2) is 0 Å². The fraction of sp³-hybridized carbons (Fsp3) is 0.250. The van der Waals surface area contributed by atoms with E-state index in [1.165, 1.54) is 5.56 Å². The van der Waals surface area contributed by atoms with Gasteiger partial charge in [0.1, 0.15) is 11.4 Å². The van der Waals surface area contributed by atoms with Gasteiger partial charge in [0.25, 0.3) is 5.91 Å². The first kappa shape index (κ1) is 20.4. The third kappa shape index (κ3) is 5.57. The summed E-state index contributed by atoms with van der Waals surface area (Å²) in [4.78, 5) is 16.7. The highest BCUT2D eigenvalue weighted by molar-refractivity contribution is 5.93. The fourth-order valence-corrected chi connectivity index (χ4v) is 3.11. The van der Waals surface area contributed by atoms with Gasteiger partial charge in [0.15, 0.2) is 0 Å². The normalized spacial score (nSPS) is 10.6. The summed E-state index contributed by atoms with van der Waals surface area (Å²) >= 11 is 0. The molecule has 0 aliphatic rings. The summed E-state index contributed by atoms with van der Waals surface area (Å²) in [5.41, 5.74) is 4.65. The third-order valence-corrected chi connectivity index (χ3v) is 4.71. The first-order valence-electron chi connectivity index (χ1n) is 9.80. The number of nitrogens with zero attached hydrogens (tertiary/aromatic N) is 1. The van der Waals surface area contributed by atoms with E-state index >= 15 is 0 Å². The van der Waals surface area contributed by atoms with E-state index in [1.807, 2.05) is 48.5 Å². The molecule has 0 unspecified atom stereocenters. The molecule has 0 aliphatic heterocycles. The van der Waals surface area contributed by atoms with Crippen LogP contribution in [0.5, 0.6) is 5.75 Å². The van der Waals surface area contributed by atoms with Crippen molar-refractivity contribution in [2.45, 2.75) is 26.2 Å². The molecule has 3 rings (SSSR count). The molecule has 1 aromatic heterocycles. The van der Waals surface area contributed by atoms with Crippen molar-refractivity contribution in [3.63, 3.8) is 0 Å². The van der Waals surface area contributed by atoms with E-state index in [2.05, 4.69) is 35.5 Å². The number of carbonyl (C=O) groups is 1. The molecule has 5 nitrogen and oxygen atoms in total. The molecule has 2 N–H and O–H groups in total. The molecule has 0 aliphatic carbocycles. The Labute approximate surface area is 172 Å². The van der Waals surface area contributed by atoms with Crippen LogP contribution in [0.15, 0.2) is 66.9 Å².